The molecule has 3 rings (SSSR count). The molecule has 0 bridgehead atoms. The molecule has 25 heavy (non-hydrogen) atoms. The summed E-state index contributed by atoms with van der Waals surface area (Å²) in [5.41, 5.74) is 0.580. The van der Waals surface area contributed by atoms with Gasteiger partial charge < -0.3 is 19.0 Å². The zero-order chi connectivity index (χ0) is 18.4. The number of carbonyl (C=O) groups excluding carboxylic acids is 1. The number of ether oxygens (including phenoxy) is 2. The van der Waals surface area contributed by atoms with Gasteiger partial charge in [-0.3, -0.25) is 9.89 Å². The number of alkyl halides is 3. The Kier molecular flexibility index (Phi) is 4.02. The summed E-state index contributed by atoms with van der Waals surface area (Å²) < 4.78 is 55.7. The molecule has 2 aromatic rings. The molecule has 1 aliphatic rings. The van der Waals surface area contributed by atoms with Gasteiger partial charge in [0.05, 0.1) is 18.8 Å². The van der Waals surface area contributed by atoms with E-state index in [4.69, 9.17) is 13.9 Å². The van der Waals surface area contributed by atoms with Crippen molar-refractivity contribution in [2.75, 3.05) is 6.61 Å². The van der Waals surface area contributed by atoms with Crippen LogP contribution < -0.4 is 4.74 Å². The second-order valence-electron chi connectivity index (χ2n) is 5.59. The van der Waals surface area contributed by atoms with Crippen LogP contribution in [0.1, 0.15) is 29.9 Å². The van der Waals surface area contributed by atoms with E-state index >= 15 is 0 Å². The normalized spacial score (nSPS) is 26.0. The van der Waals surface area contributed by atoms with E-state index in [-0.39, 0.29) is 17.9 Å². The second kappa shape index (κ2) is 5.80. The lowest BCUT2D eigenvalue weighted by Crippen LogP contribution is -2.62. The maximum absolute atomic E-state index is 13.6. The number of aryl methyl sites for hydroxylation is 1. The van der Waals surface area contributed by atoms with Crippen molar-refractivity contribution in [2.45, 2.75) is 31.7 Å². The average Bonchev–Trinajstić information content (AvgIpc) is 3.15. The molecule has 3 atom stereocenters. The number of rotatable bonds is 3. The zero-order valence-corrected chi connectivity index (χ0v) is 13.3. The van der Waals surface area contributed by atoms with Gasteiger partial charge in [0.25, 0.3) is 0 Å². The fourth-order valence-corrected chi connectivity index (χ4v) is 3.00. The van der Waals surface area contributed by atoms with Crippen molar-refractivity contribution in [1.82, 2.24) is 10.2 Å². The molecule has 0 saturated heterocycles. The number of H-pyrrole nitrogens is 1. The standard InChI is InChI=1S/C15H15F3N2O5/c1-3-23-13(21)11-10(8-5-4-6-24-8)9-7(2)19-20-12(9)25-14(11,22)15(16,17)18/h4-6,10-11,22H,3H2,1-2H3,(H,19,20)/t10-,11-,14?/m0/s1. The Morgan fingerprint density at radius 3 is 2.80 bits per heavy atom. The number of furan rings is 1. The van der Waals surface area contributed by atoms with E-state index in [1.54, 1.807) is 6.92 Å². The average molecular weight is 360 g/mol. The quantitative estimate of drug-likeness (QED) is 0.815. The van der Waals surface area contributed by atoms with Crippen molar-refractivity contribution in [1.29, 1.82) is 0 Å². The summed E-state index contributed by atoms with van der Waals surface area (Å²) >= 11 is 0. The zero-order valence-electron chi connectivity index (χ0n) is 13.3. The molecule has 0 radical (unpaired) electrons. The molecule has 136 valence electrons. The fourth-order valence-electron chi connectivity index (χ4n) is 3.00. The summed E-state index contributed by atoms with van der Waals surface area (Å²) in [4.78, 5) is 12.4. The molecule has 0 aliphatic carbocycles. The molecular weight excluding hydrogens is 345 g/mol. The van der Waals surface area contributed by atoms with E-state index in [0.717, 1.165) is 0 Å². The molecule has 0 aromatic carbocycles. The number of hydrogen-bond acceptors (Lipinski definition) is 6. The molecule has 7 nitrogen and oxygen atoms in total. The minimum atomic E-state index is -5.28. The number of aliphatic hydroxyl groups is 1. The van der Waals surface area contributed by atoms with Gasteiger partial charge in [-0.1, -0.05) is 0 Å². The molecule has 1 aliphatic heterocycles. The van der Waals surface area contributed by atoms with Crippen LogP contribution in [0.25, 0.3) is 0 Å². The van der Waals surface area contributed by atoms with E-state index in [2.05, 4.69) is 10.2 Å². The van der Waals surface area contributed by atoms with E-state index < -0.39 is 35.6 Å². The molecule has 1 unspecified atom stereocenters. The first kappa shape index (κ1) is 17.3. The summed E-state index contributed by atoms with van der Waals surface area (Å²) in [5, 5.41) is 16.5. The number of aromatic amines is 1. The summed E-state index contributed by atoms with van der Waals surface area (Å²) in [6.45, 7) is 2.85. The van der Waals surface area contributed by atoms with Crippen LogP contribution in [-0.4, -0.2) is 39.8 Å². The van der Waals surface area contributed by atoms with Gasteiger partial charge in [0, 0.05) is 11.3 Å². The first-order chi connectivity index (χ1) is 11.7. The van der Waals surface area contributed by atoms with Gasteiger partial charge in [-0.05, 0) is 26.0 Å². The van der Waals surface area contributed by atoms with Gasteiger partial charge >= 0.3 is 17.9 Å². The van der Waals surface area contributed by atoms with Crippen molar-refractivity contribution in [3.8, 4) is 5.88 Å². The lowest BCUT2D eigenvalue weighted by Gasteiger charge is -2.41. The smallest absolute Gasteiger partial charge is 0.456 e. The maximum Gasteiger partial charge on any atom is 0.456 e. The predicted octanol–water partition coefficient (Wildman–Crippen LogP) is 2.27. The van der Waals surface area contributed by atoms with E-state index in [0.29, 0.717) is 5.69 Å². The number of aromatic nitrogens is 2. The van der Waals surface area contributed by atoms with Crippen LogP contribution in [-0.2, 0) is 9.53 Å². The van der Waals surface area contributed by atoms with Crippen molar-refractivity contribution in [3.05, 3.63) is 35.4 Å². The summed E-state index contributed by atoms with van der Waals surface area (Å²) in [6, 6.07) is 2.88. The highest BCUT2D eigenvalue weighted by molar-refractivity contribution is 5.77. The highest BCUT2D eigenvalue weighted by atomic mass is 19.4. The van der Waals surface area contributed by atoms with E-state index in [9.17, 15) is 23.1 Å². The third kappa shape index (κ3) is 2.56. The van der Waals surface area contributed by atoms with Gasteiger partial charge in [0.15, 0.2) is 0 Å². The minimum Gasteiger partial charge on any atom is -0.469 e. The molecular formula is C15H15F3N2O5. The second-order valence-corrected chi connectivity index (χ2v) is 5.59. The largest absolute Gasteiger partial charge is 0.469 e. The highest BCUT2D eigenvalue weighted by Crippen LogP contribution is 2.53. The number of halogens is 3. The highest BCUT2D eigenvalue weighted by Gasteiger charge is 2.70. The Balaban J connectivity index is 2.25. The predicted molar refractivity (Wildman–Crippen MR) is 75.6 cm³/mol. The Hall–Kier alpha value is -2.49. The fraction of sp³-hybridized carbons (Fsp3) is 0.467. The van der Waals surface area contributed by atoms with Crippen molar-refractivity contribution in [2.24, 2.45) is 5.92 Å². The van der Waals surface area contributed by atoms with Crippen molar-refractivity contribution in [3.63, 3.8) is 0 Å². The topological polar surface area (TPSA) is 97.6 Å². The van der Waals surface area contributed by atoms with Crippen LogP contribution in [0.2, 0.25) is 0 Å². The Bertz CT molecular complexity index is 771. The SMILES string of the molecule is CCOC(=O)[C@@H]1[C@@H](c2ccco2)c2c(n[nH]c2C)OC1(O)C(F)(F)F. The minimum absolute atomic E-state index is 0.0507. The number of nitrogens with one attached hydrogen (secondary N) is 1. The summed E-state index contributed by atoms with van der Waals surface area (Å²) in [7, 11) is 0. The lowest BCUT2D eigenvalue weighted by molar-refractivity contribution is -0.359. The van der Waals surface area contributed by atoms with Crippen molar-refractivity contribution >= 4 is 5.97 Å². The molecule has 0 spiro atoms. The first-order valence-corrected chi connectivity index (χ1v) is 7.43. The number of hydrogen-bond donors (Lipinski definition) is 2. The summed E-state index contributed by atoms with van der Waals surface area (Å²) in [6.07, 6.45) is -4.02. The van der Waals surface area contributed by atoms with E-state index in [1.165, 1.54) is 25.3 Å². The van der Waals surface area contributed by atoms with Crippen LogP contribution in [0.5, 0.6) is 5.88 Å². The van der Waals surface area contributed by atoms with Gasteiger partial charge in [-0.2, -0.15) is 13.2 Å². The van der Waals surface area contributed by atoms with Gasteiger partial charge in [-0.25, -0.2) is 0 Å². The van der Waals surface area contributed by atoms with Gasteiger partial charge in [0.2, 0.25) is 5.88 Å². The third-order valence-electron chi connectivity index (χ3n) is 4.07. The number of carbonyl (C=O) groups is 1. The molecule has 10 heteroatoms. The third-order valence-corrected chi connectivity index (χ3v) is 4.07. The first-order valence-electron chi connectivity index (χ1n) is 7.43. The van der Waals surface area contributed by atoms with Crippen LogP contribution in [0, 0.1) is 12.8 Å². The van der Waals surface area contributed by atoms with Crippen LogP contribution >= 0.6 is 0 Å². The van der Waals surface area contributed by atoms with Gasteiger partial charge in [-0.15, -0.1) is 5.10 Å². The Morgan fingerprint density at radius 2 is 2.24 bits per heavy atom. The molecule has 2 N–H and O–H groups in total. The number of esters is 1. The Labute approximate surface area is 139 Å². The van der Waals surface area contributed by atoms with Crippen LogP contribution in [0.15, 0.2) is 22.8 Å². The van der Waals surface area contributed by atoms with Gasteiger partial charge in [0.1, 0.15) is 11.7 Å². The number of nitrogens with zero attached hydrogens (tertiary/aromatic N) is 1. The maximum atomic E-state index is 13.6. The molecule has 2 aromatic heterocycles. The molecule has 0 fully saturated rings. The monoisotopic (exact) mass is 360 g/mol. The molecule has 0 saturated carbocycles. The van der Waals surface area contributed by atoms with Crippen LogP contribution in [0.4, 0.5) is 13.2 Å². The van der Waals surface area contributed by atoms with E-state index in [1.807, 2.05) is 0 Å². The molecule has 3 heterocycles. The van der Waals surface area contributed by atoms with Crippen molar-refractivity contribution < 1.29 is 37.0 Å². The summed E-state index contributed by atoms with van der Waals surface area (Å²) in [5.74, 6) is -8.87. The number of fused-ring (bicyclic) bond motifs is 1. The molecule has 0 amide bonds. The Morgan fingerprint density at radius 1 is 1.52 bits per heavy atom. The van der Waals surface area contributed by atoms with Crippen LogP contribution in [0.3, 0.4) is 0 Å². The lowest BCUT2D eigenvalue weighted by atomic mass is 9.76.